The maximum atomic E-state index is 13.7. The van der Waals surface area contributed by atoms with E-state index in [1.807, 2.05) is 11.8 Å². The van der Waals surface area contributed by atoms with Gasteiger partial charge in [0.2, 0.25) is 0 Å². The van der Waals surface area contributed by atoms with E-state index in [4.69, 9.17) is 11.5 Å². The van der Waals surface area contributed by atoms with Gasteiger partial charge in [0.15, 0.2) is 0 Å². The second-order valence-electron chi connectivity index (χ2n) is 5.18. The van der Waals surface area contributed by atoms with Gasteiger partial charge in [0, 0.05) is 19.1 Å². The molecule has 0 spiro atoms. The van der Waals surface area contributed by atoms with Crippen molar-refractivity contribution in [3.63, 3.8) is 0 Å². The summed E-state index contributed by atoms with van der Waals surface area (Å²) in [5.41, 5.74) is 11.8. The van der Waals surface area contributed by atoms with Crippen LogP contribution in [0, 0.1) is 11.7 Å². The number of hydrogen-bond acceptors (Lipinski definition) is 3. The molecule has 1 amide bonds. The minimum absolute atomic E-state index is 0.0123. The highest BCUT2D eigenvalue weighted by molar-refractivity contribution is 5.99. The average molecular weight is 265 g/mol. The van der Waals surface area contributed by atoms with Crippen molar-refractivity contribution in [3.8, 4) is 0 Å². The normalized spacial score (nSPS) is 18.4. The van der Waals surface area contributed by atoms with Gasteiger partial charge in [-0.15, -0.1) is 0 Å². The van der Waals surface area contributed by atoms with Gasteiger partial charge in [-0.05, 0) is 37.8 Å². The molecule has 104 valence electrons. The highest BCUT2D eigenvalue weighted by Crippen LogP contribution is 2.28. The van der Waals surface area contributed by atoms with Crippen LogP contribution >= 0.6 is 0 Å². The zero-order chi connectivity index (χ0) is 14.0. The van der Waals surface area contributed by atoms with Gasteiger partial charge in [-0.3, -0.25) is 4.79 Å². The molecule has 0 aliphatic carbocycles. The van der Waals surface area contributed by atoms with Crippen LogP contribution in [0.4, 0.5) is 10.1 Å². The minimum Gasteiger partial charge on any atom is -0.371 e. The molecule has 1 aliphatic heterocycles. The van der Waals surface area contributed by atoms with Crippen LogP contribution in [0.1, 0.15) is 30.1 Å². The molecule has 1 unspecified atom stereocenters. The Morgan fingerprint density at radius 1 is 1.42 bits per heavy atom. The topological polar surface area (TPSA) is 72.3 Å². The summed E-state index contributed by atoms with van der Waals surface area (Å²) in [6.45, 7) is 3.56. The van der Waals surface area contributed by atoms with Crippen LogP contribution in [-0.4, -0.2) is 25.0 Å². The highest BCUT2D eigenvalue weighted by atomic mass is 19.1. The molecule has 0 aromatic heterocycles. The van der Waals surface area contributed by atoms with Crippen LogP contribution in [0.15, 0.2) is 18.2 Å². The van der Waals surface area contributed by atoms with Gasteiger partial charge in [0.25, 0.3) is 5.91 Å². The SMILES string of the molecule is CC(N)C1CCN(c2cccc(F)c2C(N)=O)CC1. The van der Waals surface area contributed by atoms with E-state index in [2.05, 4.69) is 0 Å². The number of nitrogens with two attached hydrogens (primary N) is 2. The van der Waals surface area contributed by atoms with Crippen LogP contribution in [0.2, 0.25) is 0 Å². The molecule has 4 nitrogen and oxygen atoms in total. The van der Waals surface area contributed by atoms with E-state index < -0.39 is 11.7 Å². The molecule has 5 heteroatoms. The highest BCUT2D eigenvalue weighted by Gasteiger charge is 2.25. The zero-order valence-corrected chi connectivity index (χ0v) is 11.1. The molecule has 0 saturated carbocycles. The summed E-state index contributed by atoms with van der Waals surface area (Å²) in [4.78, 5) is 13.4. The summed E-state index contributed by atoms with van der Waals surface area (Å²) < 4.78 is 13.7. The zero-order valence-electron chi connectivity index (χ0n) is 11.1. The number of carbonyl (C=O) groups is 1. The Labute approximate surface area is 112 Å². The number of primary amides is 1. The Hall–Kier alpha value is -1.62. The summed E-state index contributed by atoms with van der Waals surface area (Å²) in [7, 11) is 0. The number of amides is 1. The number of halogens is 1. The lowest BCUT2D eigenvalue weighted by Gasteiger charge is -2.35. The number of rotatable bonds is 3. The first-order valence-corrected chi connectivity index (χ1v) is 6.59. The van der Waals surface area contributed by atoms with Crippen LogP contribution in [0.25, 0.3) is 0 Å². The molecule has 19 heavy (non-hydrogen) atoms. The van der Waals surface area contributed by atoms with Crippen molar-refractivity contribution in [2.45, 2.75) is 25.8 Å². The smallest absolute Gasteiger partial charge is 0.253 e. The second kappa shape index (κ2) is 5.57. The minimum atomic E-state index is -0.720. The summed E-state index contributed by atoms with van der Waals surface area (Å²) in [6, 6.07) is 4.79. The van der Waals surface area contributed by atoms with Crippen molar-refractivity contribution in [1.29, 1.82) is 0 Å². The number of benzene rings is 1. The Balaban J connectivity index is 2.20. The predicted molar refractivity (Wildman–Crippen MR) is 73.5 cm³/mol. The van der Waals surface area contributed by atoms with E-state index in [0.29, 0.717) is 11.6 Å². The molecular weight excluding hydrogens is 245 g/mol. The molecular formula is C14H20FN3O. The standard InChI is InChI=1S/C14H20FN3O/c1-9(16)10-5-7-18(8-6-10)12-4-2-3-11(15)13(12)14(17)19/h2-4,9-10H,5-8,16H2,1H3,(H2,17,19). The van der Waals surface area contributed by atoms with Crippen molar-refractivity contribution in [1.82, 2.24) is 0 Å². The fourth-order valence-corrected chi connectivity index (χ4v) is 2.69. The average Bonchev–Trinajstić information content (AvgIpc) is 2.38. The fraction of sp³-hybridized carbons (Fsp3) is 0.500. The monoisotopic (exact) mass is 265 g/mol. The molecule has 0 bridgehead atoms. The van der Waals surface area contributed by atoms with E-state index in [-0.39, 0.29) is 11.6 Å². The van der Waals surface area contributed by atoms with Crippen LogP contribution in [-0.2, 0) is 0 Å². The summed E-state index contributed by atoms with van der Waals surface area (Å²) in [5.74, 6) is -0.788. The van der Waals surface area contributed by atoms with Crippen molar-refractivity contribution in [2.75, 3.05) is 18.0 Å². The predicted octanol–water partition coefficient (Wildman–Crippen LogP) is 1.49. The van der Waals surface area contributed by atoms with Gasteiger partial charge >= 0.3 is 0 Å². The number of carbonyl (C=O) groups excluding carboxylic acids is 1. The molecule has 1 saturated heterocycles. The van der Waals surface area contributed by atoms with Gasteiger partial charge in [-0.2, -0.15) is 0 Å². The van der Waals surface area contributed by atoms with Crippen molar-refractivity contribution in [3.05, 3.63) is 29.6 Å². The third kappa shape index (κ3) is 2.87. The van der Waals surface area contributed by atoms with Gasteiger partial charge < -0.3 is 16.4 Å². The first-order chi connectivity index (χ1) is 9.00. The van der Waals surface area contributed by atoms with E-state index in [0.717, 1.165) is 25.9 Å². The largest absolute Gasteiger partial charge is 0.371 e. The molecule has 1 heterocycles. The van der Waals surface area contributed by atoms with E-state index in [1.54, 1.807) is 12.1 Å². The van der Waals surface area contributed by atoms with Crippen LogP contribution in [0.5, 0.6) is 0 Å². The first kappa shape index (κ1) is 13.8. The Kier molecular flexibility index (Phi) is 4.04. The van der Waals surface area contributed by atoms with E-state index in [9.17, 15) is 9.18 Å². The Bertz CT molecular complexity index is 468. The van der Waals surface area contributed by atoms with Crippen molar-refractivity contribution in [2.24, 2.45) is 17.4 Å². The number of nitrogens with zero attached hydrogens (tertiary/aromatic N) is 1. The quantitative estimate of drug-likeness (QED) is 0.869. The molecule has 1 aromatic rings. The van der Waals surface area contributed by atoms with Crippen molar-refractivity contribution >= 4 is 11.6 Å². The van der Waals surface area contributed by atoms with Crippen LogP contribution < -0.4 is 16.4 Å². The molecule has 2 rings (SSSR count). The third-order valence-corrected chi connectivity index (χ3v) is 3.86. The summed E-state index contributed by atoms with van der Waals surface area (Å²) in [5, 5.41) is 0. The van der Waals surface area contributed by atoms with Gasteiger partial charge in [-0.1, -0.05) is 6.07 Å². The summed E-state index contributed by atoms with van der Waals surface area (Å²) in [6.07, 6.45) is 1.90. The lowest BCUT2D eigenvalue weighted by atomic mass is 9.90. The summed E-state index contributed by atoms with van der Waals surface area (Å²) >= 11 is 0. The van der Waals surface area contributed by atoms with Gasteiger partial charge in [0.1, 0.15) is 5.82 Å². The number of anilines is 1. The van der Waals surface area contributed by atoms with Gasteiger partial charge in [0.05, 0.1) is 11.3 Å². The van der Waals surface area contributed by atoms with Crippen LogP contribution in [0.3, 0.4) is 0 Å². The Morgan fingerprint density at radius 3 is 2.58 bits per heavy atom. The lowest BCUT2D eigenvalue weighted by molar-refractivity contribution is 0.0997. The number of piperidine rings is 1. The first-order valence-electron chi connectivity index (χ1n) is 6.59. The third-order valence-electron chi connectivity index (χ3n) is 3.86. The van der Waals surface area contributed by atoms with E-state index in [1.165, 1.54) is 6.07 Å². The second-order valence-corrected chi connectivity index (χ2v) is 5.18. The maximum absolute atomic E-state index is 13.7. The Morgan fingerprint density at radius 2 is 2.05 bits per heavy atom. The molecule has 1 aliphatic rings. The molecule has 4 N–H and O–H groups in total. The lowest BCUT2D eigenvalue weighted by Crippen LogP contribution is -2.40. The number of hydrogen-bond donors (Lipinski definition) is 2. The maximum Gasteiger partial charge on any atom is 0.253 e. The molecule has 1 aromatic carbocycles. The molecule has 1 fully saturated rings. The van der Waals surface area contributed by atoms with Crippen molar-refractivity contribution < 1.29 is 9.18 Å². The van der Waals surface area contributed by atoms with E-state index >= 15 is 0 Å². The molecule has 0 radical (unpaired) electrons. The fourth-order valence-electron chi connectivity index (χ4n) is 2.69. The van der Waals surface area contributed by atoms with Gasteiger partial charge in [-0.25, -0.2) is 4.39 Å². The molecule has 1 atom stereocenters.